The first-order chi connectivity index (χ1) is 28.3. The molecular formula is C55H39NO. The van der Waals surface area contributed by atoms with Crippen LogP contribution in [0.15, 0.2) is 241 Å². The predicted octanol–water partition coefficient (Wildman–Crippen LogP) is 14.8. The summed E-state index contributed by atoms with van der Waals surface area (Å²) in [6.07, 6.45) is 0. The largest absolute Gasteiger partial charge is 0.456 e. The lowest BCUT2D eigenvalue weighted by Gasteiger charge is -2.37. The number of hydrogen-bond acceptors (Lipinski definition) is 2. The van der Waals surface area contributed by atoms with Crippen molar-refractivity contribution < 1.29 is 4.42 Å². The molecule has 0 fully saturated rings. The second-order valence-electron chi connectivity index (χ2n) is 14.5. The van der Waals surface area contributed by atoms with Gasteiger partial charge in [-0.05, 0) is 99.1 Å². The Balaban J connectivity index is 1.12. The van der Waals surface area contributed by atoms with Crippen molar-refractivity contribution in [3.8, 4) is 22.3 Å². The number of hydrogen-bond donors (Lipinski definition) is 0. The van der Waals surface area contributed by atoms with E-state index in [4.69, 9.17) is 4.42 Å². The Morgan fingerprint density at radius 3 is 1.33 bits per heavy atom. The number of nitrogens with zero attached hydrogens (tertiary/aromatic N) is 1. The zero-order chi connectivity index (χ0) is 38.0. The van der Waals surface area contributed by atoms with E-state index in [0.717, 1.165) is 50.1 Å². The Bertz CT molecular complexity index is 2820. The van der Waals surface area contributed by atoms with E-state index in [0.29, 0.717) is 0 Å². The molecule has 57 heavy (non-hydrogen) atoms. The number of anilines is 3. The molecule has 10 rings (SSSR count). The lowest BCUT2D eigenvalue weighted by Crippen LogP contribution is -2.31. The van der Waals surface area contributed by atoms with E-state index in [9.17, 15) is 0 Å². The van der Waals surface area contributed by atoms with Crippen molar-refractivity contribution in [2.75, 3.05) is 4.90 Å². The van der Waals surface area contributed by atoms with Crippen LogP contribution in [0.2, 0.25) is 0 Å². The third-order valence-electron chi connectivity index (χ3n) is 11.2. The van der Waals surface area contributed by atoms with Gasteiger partial charge in [0.1, 0.15) is 11.2 Å². The van der Waals surface area contributed by atoms with Gasteiger partial charge in [0, 0.05) is 27.8 Å². The summed E-state index contributed by atoms with van der Waals surface area (Å²) in [5.41, 5.74) is 13.9. The van der Waals surface area contributed by atoms with Crippen molar-refractivity contribution in [3.63, 3.8) is 0 Å². The SMILES string of the molecule is c1ccc(-c2ccc(N(c3ccc(C(c4ccccc4)(c4ccccc4)c4ccccc4)cc3)c3cccc(-c4ccc5c(c4)oc4ccccc45)c3)cc2)cc1. The van der Waals surface area contributed by atoms with E-state index in [1.807, 2.05) is 12.1 Å². The summed E-state index contributed by atoms with van der Waals surface area (Å²) in [5.74, 6) is 0. The normalized spacial score (nSPS) is 11.5. The highest BCUT2D eigenvalue weighted by Gasteiger charge is 2.38. The zero-order valence-electron chi connectivity index (χ0n) is 31.4. The number of rotatable bonds is 9. The molecule has 10 aromatic rings. The number of para-hydroxylation sites is 1. The first-order valence-corrected chi connectivity index (χ1v) is 19.5. The van der Waals surface area contributed by atoms with Gasteiger partial charge in [0.05, 0.1) is 5.41 Å². The fourth-order valence-corrected chi connectivity index (χ4v) is 8.54. The molecule has 0 N–H and O–H groups in total. The monoisotopic (exact) mass is 729 g/mol. The molecule has 0 spiro atoms. The Kier molecular flexibility index (Phi) is 8.78. The first kappa shape index (κ1) is 34.1. The molecule has 270 valence electrons. The number of fused-ring (bicyclic) bond motifs is 3. The maximum Gasteiger partial charge on any atom is 0.136 e. The highest BCUT2D eigenvalue weighted by Crippen LogP contribution is 2.46. The fraction of sp³-hybridized carbons (Fsp3) is 0.0182. The highest BCUT2D eigenvalue weighted by molar-refractivity contribution is 6.06. The highest BCUT2D eigenvalue weighted by atomic mass is 16.3. The summed E-state index contributed by atoms with van der Waals surface area (Å²) in [6.45, 7) is 0. The molecular weight excluding hydrogens is 691 g/mol. The van der Waals surface area contributed by atoms with Gasteiger partial charge in [-0.25, -0.2) is 0 Å². The summed E-state index contributed by atoms with van der Waals surface area (Å²) in [6, 6.07) is 84.9. The molecule has 0 aliphatic heterocycles. The average Bonchev–Trinajstić information content (AvgIpc) is 3.67. The molecule has 0 saturated heterocycles. The van der Waals surface area contributed by atoms with Crippen LogP contribution in [0.5, 0.6) is 0 Å². The Hall–Kier alpha value is -7.42. The van der Waals surface area contributed by atoms with Crippen LogP contribution in [0.3, 0.4) is 0 Å². The van der Waals surface area contributed by atoms with Crippen molar-refractivity contribution in [3.05, 3.63) is 259 Å². The van der Waals surface area contributed by atoms with Crippen LogP contribution < -0.4 is 4.90 Å². The van der Waals surface area contributed by atoms with E-state index in [1.54, 1.807) is 0 Å². The molecule has 0 aliphatic carbocycles. The van der Waals surface area contributed by atoms with Crippen molar-refractivity contribution in [1.29, 1.82) is 0 Å². The van der Waals surface area contributed by atoms with Gasteiger partial charge in [0.25, 0.3) is 0 Å². The molecule has 0 unspecified atom stereocenters. The summed E-state index contributed by atoms with van der Waals surface area (Å²) >= 11 is 0. The van der Waals surface area contributed by atoms with Gasteiger partial charge in [-0.2, -0.15) is 0 Å². The molecule has 1 heterocycles. The molecule has 0 saturated carbocycles. The number of furan rings is 1. The maximum atomic E-state index is 6.30. The Morgan fingerprint density at radius 1 is 0.281 bits per heavy atom. The summed E-state index contributed by atoms with van der Waals surface area (Å²) < 4.78 is 6.30. The third-order valence-corrected chi connectivity index (χ3v) is 11.2. The molecule has 2 nitrogen and oxygen atoms in total. The topological polar surface area (TPSA) is 16.4 Å². The molecule has 9 aromatic carbocycles. The first-order valence-electron chi connectivity index (χ1n) is 19.5. The van der Waals surface area contributed by atoms with E-state index in [-0.39, 0.29) is 0 Å². The zero-order valence-corrected chi connectivity index (χ0v) is 31.4. The maximum absolute atomic E-state index is 6.30. The van der Waals surface area contributed by atoms with Gasteiger partial charge in [0.2, 0.25) is 0 Å². The van der Waals surface area contributed by atoms with Crippen LogP contribution in [0.25, 0.3) is 44.2 Å². The van der Waals surface area contributed by atoms with Crippen LogP contribution in [-0.4, -0.2) is 0 Å². The summed E-state index contributed by atoms with van der Waals surface area (Å²) in [4.78, 5) is 2.36. The molecule has 0 radical (unpaired) electrons. The van der Waals surface area contributed by atoms with Crippen LogP contribution in [0.1, 0.15) is 22.3 Å². The predicted molar refractivity (Wildman–Crippen MR) is 238 cm³/mol. The van der Waals surface area contributed by atoms with E-state index in [1.165, 1.54) is 33.4 Å². The lowest BCUT2D eigenvalue weighted by molar-refractivity contribution is 0.669. The van der Waals surface area contributed by atoms with E-state index >= 15 is 0 Å². The van der Waals surface area contributed by atoms with Gasteiger partial charge >= 0.3 is 0 Å². The molecule has 0 atom stereocenters. The summed E-state index contributed by atoms with van der Waals surface area (Å²) in [7, 11) is 0. The van der Waals surface area contributed by atoms with Crippen molar-refractivity contribution in [2.45, 2.75) is 5.41 Å². The second-order valence-corrected chi connectivity index (χ2v) is 14.5. The van der Waals surface area contributed by atoms with Gasteiger partial charge in [-0.1, -0.05) is 182 Å². The second kappa shape index (κ2) is 14.7. The minimum atomic E-state index is -0.528. The van der Waals surface area contributed by atoms with Crippen LogP contribution >= 0.6 is 0 Å². The molecule has 0 bridgehead atoms. The average molecular weight is 730 g/mol. The Labute approximate surface area is 333 Å². The molecule has 0 aliphatic rings. The minimum absolute atomic E-state index is 0.528. The van der Waals surface area contributed by atoms with Gasteiger partial charge in [-0.3, -0.25) is 0 Å². The standard InChI is InChI=1S/C55H39NO/c1-5-16-40(17-6-1)41-28-33-48(34-29-41)56(50-25-15-18-42(38-50)43-30-37-52-51-26-13-14-27-53(51)57-54(52)39-43)49-35-31-47(32-36-49)55(44-19-7-2-8-20-44,45-21-9-3-10-22-45)46-23-11-4-12-24-46/h1-39H. The molecule has 2 heteroatoms. The van der Waals surface area contributed by atoms with Crippen LogP contribution in [-0.2, 0) is 5.41 Å². The van der Waals surface area contributed by atoms with Crippen molar-refractivity contribution in [1.82, 2.24) is 0 Å². The minimum Gasteiger partial charge on any atom is -0.456 e. The molecule has 0 amide bonds. The van der Waals surface area contributed by atoms with E-state index < -0.39 is 5.41 Å². The lowest BCUT2D eigenvalue weighted by atomic mass is 9.65. The van der Waals surface area contributed by atoms with Crippen LogP contribution in [0, 0.1) is 0 Å². The van der Waals surface area contributed by atoms with E-state index in [2.05, 4.69) is 229 Å². The van der Waals surface area contributed by atoms with Crippen molar-refractivity contribution in [2.24, 2.45) is 0 Å². The Morgan fingerprint density at radius 2 is 0.719 bits per heavy atom. The van der Waals surface area contributed by atoms with Gasteiger partial charge in [-0.15, -0.1) is 0 Å². The van der Waals surface area contributed by atoms with Crippen LogP contribution in [0.4, 0.5) is 17.1 Å². The third kappa shape index (κ3) is 6.18. The summed E-state index contributed by atoms with van der Waals surface area (Å²) in [5, 5.41) is 2.26. The van der Waals surface area contributed by atoms with Crippen molar-refractivity contribution >= 4 is 39.0 Å². The molecule has 1 aromatic heterocycles. The quantitative estimate of drug-likeness (QED) is 0.138. The number of benzene rings is 9. The van der Waals surface area contributed by atoms with Gasteiger partial charge in [0.15, 0.2) is 0 Å². The smallest absolute Gasteiger partial charge is 0.136 e. The van der Waals surface area contributed by atoms with Gasteiger partial charge < -0.3 is 9.32 Å². The fourth-order valence-electron chi connectivity index (χ4n) is 8.54.